The van der Waals surface area contributed by atoms with Gasteiger partial charge >= 0.3 is 0 Å². The summed E-state index contributed by atoms with van der Waals surface area (Å²) in [7, 11) is -3.75. The number of carbonyl (C=O) groups excluding carboxylic acids is 2. The predicted octanol–water partition coefficient (Wildman–Crippen LogP) is 3.62. The molecule has 7 nitrogen and oxygen atoms in total. The van der Waals surface area contributed by atoms with Gasteiger partial charge in [0.1, 0.15) is 11.9 Å². The number of carbonyl (C=O) groups is 2. The maximum atomic E-state index is 14.2. The molecule has 0 aliphatic carbocycles. The average Bonchev–Trinajstić information content (AvgIpc) is 2.76. The Balaban J connectivity index is 2.21. The number of benzene rings is 2. The van der Waals surface area contributed by atoms with Crippen LogP contribution >= 0.6 is 0 Å². The summed E-state index contributed by atoms with van der Waals surface area (Å²) in [6.45, 7) is 6.29. The van der Waals surface area contributed by atoms with Crippen molar-refractivity contribution in [2.75, 3.05) is 23.7 Å². The SMILES string of the molecule is CCNC(=O)[C@H](CC)N(Cc1cccc(C)c1)C(=O)CCCN(c1ccccc1F)S(C)(=O)=O. The molecule has 1 atom stereocenters. The first-order valence-corrected chi connectivity index (χ1v) is 13.3. The van der Waals surface area contributed by atoms with Crippen LogP contribution in [0.25, 0.3) is 0 Å². The van der Waals surface area contributed by atoms with Crippen molar-refractivity contribution in [2.45, 2.75) is 52.6 Å². The van der Waals surface area contributed by atoms with Gasteiger partial charge in [-0.1, -0.05) is 48.9 Å². The third-order valence-corrected chi connectivity index (χ3v) is 6.63. The molecule has 2 amide bonds. The summed E-state index contributed by atoms with van der Waals surface area (Å²) in [6, 6.07) is 12.7. The van der Waals surface area contributed by atoms with E-state index in [-0.39, 0.29) is 43.4 Å². The summed E-state index contributed by atoms with van der Waals surface area (Å²) >= 11 is 0. The molecular weight excluding hydrogens is 457 g/mol. The van der Waals surface area contributed by atoms with Crippen LogP contribution in [0.5, 0.6) is 0 Å². The largest absolute Gasteiger partial charge is 0.355 e. The van der Waals surface area contributed by atoms with Crippen LogP contribution in [0.3, 0.4) is 0 Å². The molecule has 0 saturated carbocycles. The summed E-state index contributed by atoms with van der Waals surface area (Å²) in [4.78, 5) is 27.5. The van der Waals surface area contributed by atoms with Crippen LogP contribution in [0.4, 0.5) is 10.1 Å². The highest BCUT2D eigenvalue weighted by molar-refractivity contribution is 7.92. The second kappa shape index (κ2) is 12.5. The van der Waals surface area contributed by atoms with E-state index in [9.17, 15) is 22.4 Å². The Labute approximate surface area is 202 Å². The molecule has 0 aliphatic heterocycles. The van der Waals surface area contributed by atoms with E-state index in [0.29, 0.717) is 13.0 Å². The molecule has 34 heavy (non-hydrogen) atoms. The maximum absolute atomic E-state index is 14.2. The lowest BCUT2D eigenvalue weighted by atomic mass is 10.1. The first kappa shape index (κ1) is 27.3. The number of nitrogens with one attached hydrogen (secondary N) is 1. The standard InChI is InChI=1S/C25H34FN3O4S/c1-5-22(25(31)27-6-2)28(18-20-12-9-11-19(3)17-20)24(30)15-10-16-29(34(4,32)33)23-14-8-7-13-21(23)26/h7-9,11-14,17,22H,5-6,10,15-16,18H2,1-4H3,(H,27,31)/t22-/m0/s1. The monoisotopic (exact) mass is 491 g/mol. The molecular formula is C25H34FN3O4S. The number of aryl methyl sites for hydroxylation is 1. The van der Waals surface area contributed by atoms with Gasteiger partial charge in [0.2, 0.25) is 21.8 Å². The van der Waals surface area contributed by atoms with Crippen LogP contribution in [-0.4, -0.2) is 50.5 Å². The molecule has 2 aromatic rings. The van der Waals surface area contributed by atoms with Crippen molar-refractivity contribution >= 4 is 27.5 Å². The highest BCUT2D eigenvalue weighted by Gasteiger charge is 2.28. The summed E-state index contributed by atoms with van der Waals surface area (Å²) in [5, 5.41) is 2.79. The van der Waals surface area contributed by atoms with E-state index >= 15 is 0 Å². The smallest absolute Gasteiger partial charge is 0.242 e. The Morgan fingerprint density at radius 2 is 1.79 bits per heavy atom. The lowest BCUT2D eigenvalue weighted by Crippen LogP contribution is -2.49. The topological polar surface area (TPSA) is 86.8 Å². The number of hydrogen-bond acceptors (Lipinski definition) is 4. The van der Waals surface area contributed by atoms with Crippen LogP contribution in [0.1, 0.15) is 44.2 Å². The predicted molar refractivity (Wildman–Crippen MR) is 132 cm³/mol. The van der Waals surface area contributed by atoms with Crippen LogP contribution < -0.4 is 9.62 Å². The zero-order chi connectivity index (χ0) is 25.3. The minimum absolute atomic E-state index is 0.0161. The van der Waals surface area contributed by atoms with Crippen molar-refractivity contribution in [2.24, 2.45) is 0 Å². The number of likely N-dealkylation sites (N-methyl/N-ethyl adjacent to an activating group) is 1. The van der Waals surface area contributed by atoms with Crippen LogP contribution in [0.15, 0.2) is 48.5 Å². The Morgan fingerprint density at radius 3 is 2.38 bits per heavy atom. The molecule has 0 heterocycles. The summed E-state index contributed by atoms with van der Waals surface area (Å²) in [6.07, 6.45) is 1.64. The van der Waals surface area contributed by atoms with E-state index in [1.54, 1.807) is 11.0 Å². The molecule has 186 valence electrons. The summed E-state index contributed by atoms with van der Waals surface area (Å²) in [5.74, 6) is -1.14. The van der Waals surface area contributed by atoms with Gasteiger partial charge in [-0.05, 0) is 44.4 Å². The van der Waals surface area contributed by atoms with E-state index in [1.165, 1.54) is 18.2 Å². The number of para-hydroxylation sites is 1. The number of sulfonamides is 1. The van der Waals surface area contributed by atoms with E-state index in [2.05, 4.69) is 5.32 Å². The van der Waals surface area contributed by atoms with E-state index in [1.807, 2.05) is 45.0 Å². The molecule has 2 aromatic carbocycles. The number of hydrogen-bond donors (Lipinski definition) is 1. The fraction of sp³-hybridized carbons (Fsp3) is 0.440. The molecule has 0 aliphatic rings. The number of anilines is 1. The minimum atomic E-state index is -3.75. The van der Waals surface area contributed by atoms with Gasteiger partial charge in [0.05, 0.1) is 11.9 Å². The van der Waals surface area contributed by atoms with E-state index < -0.39 is 21.9 Å². The molecule has 2 rings (SSSR count). The lowest BCUT2D eigenvalue weighted by molar-refractivity contribution is -0.141. The van der Waals surface area contributed by atoms with Crippen molar-refractivity contribution < 1.29 is 22.4 Å². The van der Waals surface area contributed by atoms with Crippen molar-refractivity contribution in [3.05, 3.63) is 65.5 Å². The Morgan fingerprint density at radius 1 is 1.09 bits per heavy atom. The molecule has 0 bridgehead atoms. The highest BCUT2D eigenvalue weighted by atomic mass is 32.2. The van der Waals surface area contributed by atoms with Gasteiger partial charge in [-0.3, -0.25) is 13.9 Å². The minimum Gasteiger partial charge on any atom is -0.355 e. The second-order valence-corrected chi connectivity index (χ2v) is 10.1. The molecule has 0 unspecified atom stereocenters. The number of rotatable bonds is 12. The first-order chi connectivity index (χ1) is 16.1. The summed E-state index contributed by atoms with van der Waals surface area (Å²) < 4.78 is 39.8. The van der Waals surface area contributed by atoms with Crippen molar-refractivity contribution in [3.63, 3.8) is 0 Å². The highest BCUT2D eigenvalue weighted by Crippen LogP contribution is 2.22. The van der Waals surface area contributed by atoms with E-state index in [4.69, 9.17) is 0 Å². The molecule has 1 N–H and O–H groups in total. The zero-order valence-electron chi connectivity index (χ0n) is 20.3. The zero-order valence-corrected chi connectivity index (χ0v) is 21.1. The summed E-state index contributed by atoms with van der Waals surface area (Å²) in [5.41, 5.74) is 1.90. The Hall–Kier alpha value is -2.94. The molecule has 0 saturated heterocycles. The van der Waals surface area contributed by atoms with Crippen LogP contribution in [0, 0.1) is 12.7 Å². The third kappa shape index (κ3) is 7.55. The molecule has 0 radical (unpaired) electrons. The van der Waals surface area contributed by atoms with Crippen molar-refractivity contribution in [1.82, 2.24) is 10.2 Å². The van der Waals surface area contributed by atoms with E-state index in [0.717, 1.165) is 21.7 Å². The van der Waals surface area contributed by atoms with Gasteiger partial charge in [-0.25, -0.2) is 12.8 Å². The average molecular weight is 492 g/mol. The van der Waals surface area contributed by atoms with Gasteiger partial charge in [0, 0.05) is 26.1 Å². The normalized spacial score (nSPS) is 12.1. The molecule has 0 fully saturated rings. The van der Waals surface area contributed by atoms with Gasteiger partial charge in [0.15, 0.2) is 0 Å². The molecule has 0 spiro atoms. The van der Waals surface area contributed by atoms with Crippen LogP contribution in [0.2, 0.25) is 0 Å². The fourth-order valence-electron chi connectivity index (χ4n) is 3.86. The van der Waals surface area contributed by atoms with Gasteiger partial charge in [0.25, 0.3) is 0 Å². The maximum Gasteiger partial charge on any atom is 0.242 e. The lowest BCUT2D eigenvalue weighted by Gasteiger charge is -2.31. The Kier molecular flexibility index (Phi) is 10.0. The van der Waals surface area contributed by atoms with Gasteiger partial charge < -0.3 is 10.2 Å². The number of halogens is 1. The van der Waals surface area contributed by atoms with Crippen molar-refractivity contribution in [1.29, 1.82) is 0 Å². The molecule has 0 aromatic heterocycles. The number of nitrogens with zero attached hydrogens (tertiary/aromatic N) is 2. The first-order valence-electron chi connectivity index (χ1n) is 11.4. The fourth-order valence-corrected chi connectivity index (χ4v) is 4.82. The van der Waals surface area contributed by atoms with Gasteiger partial charge in [-0.15, -0.1) is 0 Å². The Bertz CT molecular complexity index is 1090. The quantitative estimate of drug-likeness (QED) is 0.491. The van der Waals surface area contributed by atoms with Crippen LogP contribution in [-0.2, 0) is 26.2 Å². The second-order valence-electron chi connectivity index (χ2n) is 8.22. The van der Waals surface area contributed by atoms with Crippen molar-refractivity contribution in [3.8, 4) is 0 Å². The number of amides is 2. The molecule has 9 heteroatoms. The van der Waals surface area contributed by atoms with Gasteiger partial charge in [-0.2, -0.15) is 0 Å². The third-order valence-electron chi connectivity index (χ3n) is 5.45.